The Balaban J connectivity index is 1.39. The fourth-order valence-electron chi connectivity index (χ4n) is 7.01. The zero-order valence-corrected chi connectivity index (χ0v) is 30.9. The smallest absolute Gasteiger partial charge is 0.406 e. The summed E-state index contributed by atoms with van der Waals surface area (Å²) in [6.07, 6.45) is 2.22. The summed E-state index contributed by atoms with van der Waals surface area (Å²) in [5.74, 6) is -1.25. The third-order valence-corrected chi connectivity index (χ3v) is 12.5. The van der Waals surface area contributed by atoms with E-state index in [0.29, 0.717) is 31.8 Å². The molecule has 2 amide bonds. The number of nitrogens with two attached hydrogens (primary N) is 1. The quantitative estimate of drug-likeness (QED) is 0.155. The average molecular weight is 706 g/mol. The first kappa shape index (κ1) is 38.9. The number of halogens is 3. The molecule has 3 N–H and O–H groups in total. The number of alkyl halides is 3. The highest BCUT2D eigenvalue weighted by Crippen LogP contribution is 2.57. The first-order chi connectivity index (χ1) is 22.9. The molecule has 0 radical (unpaired) electrons. The summed E-state index contributed by atoms with van der Waals surface area (Å²) in [6.45, 7) is 17.1. The Morgan fingerprint density at radius 2 is 1.69 bits per heavy atom. The third-order valence-electron chi connectivity index (χ3n) is 9.70. The van der Waals surface area contributed by atoms with Gasteiger partial charge in [-0.15, -0.1) is 23.8 Å². The maximum Gasteiger partial charge on any atom is 0.573 e. The minimum Gasteiger partial charge on any atom is -0.406 e. The summed E-state index contributed by atoms with van der Waals surface area (Å²) in [4.78, 5) is 25.9. The van der Waals surface area contributed by atoms with E-state index in [0.717, 1.165) is 57.3 Å². The van der Waals surface area contributed by atoms with Gasteiger partial charge >= 0.3 is 6.36 Å². The molecule has 0 aromatic heterocycles. The van der Waals surface area contributed by atoms with Gasteiger partial charge in [-0.1, -0.05) is 25.1 Å². The van der Waals surface area contributed by atoms with Crippen LogP contribution in [0.2, 0.25) is 0 Å². The van der Waals surface area contributed by atoms with Crippen LogP contribution < -0.4 is 15.8 Å². The zero-order chi connectivity index (χ0) is 36.2. The molecule has 4 rings (SSSR count). The number of carbonyl (C=O) groups excluding carboxylic acids is 2. The molecular formula is C38H54F3N3O4S. The second-order valence-corrected chi connectivity index (χ2v) is 17.4. The van der Waals surface area contributed by atoms with Crippen LogP contribution in [0.25, 0.3) is 0 Å². The predicted molar refractivity (Wildman–Crippen MR) is 192 cm³/mol. The van der Waals surface area contributed by atoms with Crippen LogP contribution in [0, 0.1) is 19.8 Å². The van der Waals surface area contributed by atoms with Gasteiger partial charge in [0.05, 0.1) is 5.60 Å². The molecule has 2 aromatic carbocycles. The minimum absolute atomic E-state index is 0.0414. The largest absolute Gasteiger partial charge is 0.573 e. The van der Waals surface area contributed by atoms with Crippen molar-refractivity contribution < 1.29 is 32.2 Å². The van der Waals surface area contributed by atoms with Gasteiger partial charge in [0.25, 0.3) is 5.91 Å². The van der Waals surface area contributed by atoms with Gasteiger partial charge in [0.15, 0.2) is 0 Å². The van der Waals surface area contributed by atoms with Crippen molar-refractivity contribution in [2.24, 2.45) is 11.7 Å². The lowest BCUT2D eigenvalue weighted by Gasteiger charge is -2.43. The molecule has 0 spiro atoms. The molecule has 1 aliphatic heterocycles. The molecule has 1 saturated carbocycles. The molecule has 2 fully saturated rings. The standard InChI is InChI=1S/C38H54F3N3O4S/c1-8-49(36(14-15-36)25-32-27(3)22-29(23-28(32)4)21-26(2)11-10-20-47-35(5,6)7)44-18-16-37(17-19-44,34(42)46)43-33(45)30-12-9-13-31(24-30)48-38(39,40)41/h8-9,12-13,22-24,26H,10-11,14-21,25H2,1-7H3,(H2,42,46)(H,43,45). The van der Waals surface area contributed by atoms with E-state index in [2.05, 4.69) is 80.3 Å². The molecule has 2 atom stereocenters. The van der Waals surface area contributed by atoms with Gasteiger partial charge in [0, 0.05) is 30.0 Å². The van der Waals surface area contributed by atoms with Crippen LogP contribution in [0.3, 0.4) is 0 Å². The van der Waals surface area contributed by atoms with Crippen LogP contribution in [0.15, 0.2) is 36.4 Å². The summed E-state index contributed by atoms with van der Waals surface area (Å²) in [6, 6.07) is 9.54. The Morgan fingerprint density at radius 1 is 1.06 bits per heavy atom. The molecule has 2 aliphatic rings. The van der Waals surface area contributed by atoms with E-state index >= 15 is 0 Å². The van der Waals surface area contributed by atoms with Gasteiger partial charge in [-0.25, -0.2) is 0 Å². The maximum absolute atomic E-state index is 13.1. The van der Waals surface area contributed by atoms with E-state index in [-0.39, 0.29) is 26.6 Å². The highest BCUT2D eigenvalue weighted by atomic mass is 32.2. The van der Waals surface area contributed by atoms with Crippen LogP contribution >= 0.6 is 10.7 Å². The summed E-state index contributed by atoms with van der Waals surface area (Å²) in [5, 5.41) is 5.06. The van der Waals surface area contributed by atoms with Crippen LogP contribution in [0.4, 0.5) is 13.2 Å². The molecule has 49 heavy (non-hydrogen) atoms. The fourth-order valence-corrected chi connectivity index (χ4v) is 9.74. The Morgan fingerprint density at radius 3 is 2.22 bits per heavy atom. The molecule has 272 valence electrons. The number of nitrogens with zero attached hydrogens (tertiary/aromatic N) is 1. The monoisotopic (exact) mass is 705 g/mol. The molecule has 11 heteroatoms. The first-order valence-corrected chi connectivity index (χ1v) is 18.6. The normalized spacial score (nSPS) is 18.9. The van der Waals surface area contributed by atoms with Crippen LogP contribution in [0.1, 0.15) is 106 Å². The third kappa shape index (κ3) is 10.6. The van der Waals surface area contributed by atoms with Gasteiger partial charge in [0.2, 0.25) is 5.91 Å². The van der Waals surface area contributed by atoms with Gasteiger partial charge < -0.3 is 20.5 Å². The zero-order valence-electron chi connectivity index (χ0n) is 30.1. The van der Waals surface area contributed by atoms with Crippen LogP contribution in [0.5, 0.6) is 5.75 Å². The molecular weight excluding hydrogens is 651 g/mol. The molecule has 1 aliphatic carbocycles. The van der Waals surface area contributed by atoms with Crippen molar-refractivity contribution in [1.29, 1.82) is 0 Å². The fraction of sp³-hybridized carbons (Fsp3) is 0.605. The maximum atomic E-state index is 13.1. The summed E-state index contributed by atoms with van der Waals surface area (Å²) >= 11 is 0. The minimum atomic E-state index is -4.88. The van der Waals surface area contributed by atoms with Gasteiger partial charge in [0.1, 0.15) is 11.3 Å². The van der Waals surface area contributed by atoms with E-state index in [9.17, 15) is 22.8 Å². The van der Waals surface area contributed by atoms with Crippen molar-refractivity contribution in [3.63, 3.8) is 0 Å². The molecule has 0 bridgehead atoms. The van der Waals surface area contributed by atoms with Crippen LogP contribution in [-0.4, -0.2) is 63.4 Å². The van der Waals surface area contributed by atoms with E-state index in [1.165, 1.54) is 34.4 Å². The first-order valence-electron chi connectivity index (χ1n) is 17.3. The number of piperidine rings is 1. The van der Waals surface area contributed by atoms with Crippen molar-refractivity contribution in [3.8, 4) is 5.75 Å². The van der Waals surface area contributed by atoms with E-state index < -0.39 is 29.5 Å². The number of rotatable bonds is 14. The molecule has 1 heterocycles. The lowest BCUT2D eigenvalue weighted by Crippen LogP contribution is -2.62. The Labute approximate surface area is 292 Å². The number of aryl methyl sites for hydroxylation is 2. The highest BCUT2D eigenvalue weighted by Gasteiger charge is 2.50. The molecule has 1 saturated heterocycles. The number of primary amides is 1. The number of nitrogens with one attached hydrogen (secondary N) is 1. The van der Waals surface area contributed by atoms with Gasteiger partial charge in [-0.05, 0) is 145 Å². The lowest BCUT2D eigenvalue weighted by molar-refractivity contribution is -0.274. The molecule has 7 nitrogen and oxygen atoms in total. The number of carbonyl (C=O) groups is 2. The SMILES string of the molecule is C/C=S(\N1CCC(NC(=O)c2cccc(OC(F)(F)F)c2)(C(N)=O)CC1)C1(Cc2c(C)cc(CC(C)CCCOC(C)(C)C)cc2C)CC1. The molecule has 2 aromatic rings. The summed E-state index contributed by atoms with van der Waals surface area (Å²) in [7, 11) is -0.159. The van der Waals surface area contributed by atoms with E-state index in [4.69, 9.17) is 10.5 Å². The number of hydrogen-bond donors (Lipinski definition) is 2. The van der Waals surface area contributed by atoms with Crippen molar-refractivity contribution in [2.45, 2.75) is 122 Å². The second kappa shape index (κ2) is 15.6. The number of hydrogen-bond acceptors (Lipinski definition) is 5. The molecule has 2 unspecified atom stereocenters. The predicted octanol–water partition coefficient (Wildman–Crippen LogP) is 7.81. The number of ether oxygens (including phenoxy) is 2. The lowest BCUT2D eigenvalue weighted by atomic mass is 9.87. The topological polar surface area (TPSA) is 93.9 Å². The Bertz CT molecular complexity index is 1500. The average Bonchev–Trinajstić information content (AvgIpc) is 3.77. The van der Waals surface area contributed by atoms with Gasteiger partial charge in [-0.2, -0.15) is 0 Å². The summed E-state index contributed by atoms with van der Waals surface area (Å²) < 4.78 is 50.6. The van der Waals surface area contributed by atoms with Crippen molar-refractivity contribution in [3.05, 3.63) is 64.2 Å². The van der Waals surface area contributed by atoms with Crippen molar-refractivity contribution >= 4 is 27.9 Å². The summed E-state index contributed by atoms with van der Waals surface area (Å²) in [5.41, 5.74) is 9.89. The van der Waals surface area contributed by atoms with Crippen molar-refractivity contribution in [2.75, 3.05) is 19.7 Å². The second-order valence-electron chi connectivity index (χ2n) is 14.9. The highest BCUT2D eigenvalue weighted by molar-refractivity contribution is 8.14. The van der Waals surface area contributed by atoms with Gasteiger partial charge in [-0.3, -0.25) is 13.9 Å². The van der Waals surface area contributed by atoms with Crippen molar-refractivity contribution in [1.82, 2.24) is 9.62 Å². The van der Waals surface area contributed by atoms with Crippen LogP contribution in [-0.2, 0) is 22.4 Å². The van der Waals surface area contributed by atoms with E-state index in [1.807, 2.05) is 0 Å². The Hall–Kier alpha value is -2.89. The number of benzene rings is 2. The van der Waals surface area contributed by atoms with E-state index in [1.54, 1.807) is 0 Å². The Kier molecular flexibility index (Phi) is 12.4. The number of amides is 2.